The second kappa shape index (κ2) is 11.1. The predicted molar refractivity (Wildman–Crippen MR) is 138 cm³/mol. The Kier molecular flexibility index (Phi) is 7.73. The van der Waals surface area contributed by atoms with E-state index in [1.165, 1.54) is 0 Å². The summed E-state index contributed by atoms with van der Waals surface area (Å²) in [5.74, 6) is -2.81. The number of alkyl carbamates (subject to hydrolysis) is 1. The average Bonchev–Trinajstić information content (AvgIpc) is 3.19. The molecule has 0 aromatic heterocycles. The van der Waals surface area contributed by atoms with E-state index in [0.29, 0.717) is 5.56 Å². The van der Waals surface area contributed by atoms with Gasteiger partial charge in [-0.2, -0.15) is 0 Å². The Labute approximate surface area is 214 Å². The van der Waals surface area contributed by atoms with Crippen LogP contribution in [0.1, 0.15) is 22.6 Å². The smallest absolute Gasteiger partial charge is 0.407 e. The van der Waals surface area contributed by atoms with E-state index in [4.69, 9.17) is 20.9 Å². The number of benzene rings is 3. The van der Waals surface area contributed by atoms with Gasteiger partial charge in [0.1, 0.15) is 25.0 Å². The summed E-state index contributed by atoms with van der Waals surface area (Å²) in [5.41, 5.74) is 15.2. The number of sulfonamides is 1. The fraction of sp³-hybridized carbons (Fsp3) is 0.192. The van der Waals surface area contributed by atoms with Crippen LogP contribution in [0.15, 0.2) is 83.3 Å². The van der Waals surface area contributed by atoms with Gasteiger partial charge in [-0.25, -0.2) is 18.0 Å². The van der Waals surface area contributed by atoms with Crippen LogP contribution in [0.4, 0.5) is 4.79 Å². The molecule has 0 aliphatic heterocycles. The van der Waals surface area contributed by atoms with Crippen molar-refractivity contribution in [1.82, 2.24) is 5.32 Å². The van der Waals surface area contributed by atoms with Crippen molar-refractivity contribution < 1.29 is 27.5 Å². The number of hydrogen-bond donors (Lipinski definition) is 3. The molecule has 5 N–H and O–H groups in total. The van der Waals surface area contributed by atoms with E-state index in [1.807, 2.05) is 48.5 Å². The number of rotatable bonds is 9. The Morgan fingerprint density at radius 3 is 2.03 bits per heavy atom. The molecule has 0 bridgehead atoms. The Morgan fingerprint density at radius 2 is 1.43 bits per heavy atom. The maximum Gasteiger partial charge on any atom is 0.407 e. The van der Waals surface area contributed by atoms with Gasteiger partial charge in [-0.3, -0.25) is 0 Å². The molecule has 11 heteroatoms. The molecule has 1 aliphatic rings. The van der Waals surface area contributed by atoms with E-state index in [1.54, 1.807) is 30.3 Å². The van der Waals surface area contributed by atoms with Crippen LogP contribution in [0, 0.1) is 0 Å². The number of guanidine groups is 1. The van der Waals surface area contributed by atoms with Crippen molar-refractivity contribution in [2.75, 3.05) is 12.4 Å². The zero-order valence-corrected chi connectivity index (χ0v) is 20.6. The van der Waals surface area contributed by atoms with Crippen LogP contribution in [0.3, 0.4) is 0 Å². The van der Waals surface area contributed by atoms with Crippen LogP contribution in [0.5, 0.6) is 0 Å². The lowest BCUT2D eigenvalue weighted by molar-refractivity contribution is -0.146. The number of esters is 1. The summed E-state index contributed by atoms with van der Waals surface area (Å²) in [6, 6.07) is 22.8. The fourth-order valence-electron chi connectivity index (χ4n) is 4.19. The highest BCUT2D eigenvalue weighted by molar-refractivity contribution is 7.90. The normalized spacial score (nSPS) is 13.1. The Morgan fingerprint density at radius 1 is 0.865 bits per heavy atom. The quantitative estimate of drug-likeness (QED) is 0.219. The third-order valence-electron chi connectivity index (χ3n) is 5.77. The Bertz CT molecular complexity index is 1380. The maximum absolute atomic E-state index is 12.7. The van der Waals surface area contributed by atoms with Crippen LogP contribution < -0.4 is 16.8 Å². The van der Waals surface area contributed by atoms with Crippen molar-refractivity contribution in [2.45, 2.75) is 18.6 Å². The summed E-state index contributed by atoms with van der Waals surface area (Å²) >= 11 is 0. The standard InChI is InChI=1S/C26H26N4O6S/c27-25(28)30-37(33,34)16-23(24(31)35-14-17-8-2-1-3-9-17)29-26(32)36-15-22-20-12-6-4-10-18(20)19-11-5-7-13-21(19)22/h1-13,22-23H,14-16H2,(H,29,32)(H4,27,28,30)/t23-/m0/s1. The number of carbonyl (C=O) groups is 2. The lowest BCUT2D eigenvalue weighted by Gasteiger charge is -2.18. The molecule has 0 radical (unpaired) electrons. The minimum atomic E-state index is -4.30. The van der Waals surface area contributed by atoms with Crippen LogP contribution in [-0.4, -0.2) is 44.8 Å². The van der Waals surface area contributed by atoms with E-state index in [9.17, 15) is 18.0 Å². The summed E-state index contributed by atoms with van der Waals surface area (Å²) in [4.78, 5) is 25.4. The molecule has 3 aromatic rings. The van der Waals surface area contributed by atoms with Crippen LogP contribution >= 0.6 is 0 Å². The van der Waals surface area contributed by atoms with Crippen LogP contribution in [0.2, 0.25) is 0 Å². The largest absolute Gasteiger partial charge is 0.459 e. The summed E-state index contributed by atoms with van der Waals surface area (Å²) in [6.45, 7) is -0.142. The third kappa shape index (κ3) is 6.44. The monoisotopic (exact) mass is 522 g/mol. The van der Waals surface area contributed by atoms with Crippen molar-refractivity contribution >= 4 is 28.0 Å². The Balaban J connectivity index is 1.45. The highest BCUT2D eigenvalue weighted by Crippen LogP contribution is 2.44. The first kappa shape index (κ1) is 25.7. The van der Waals surface area contributed by atoms with Gasteiger partial charge in [0, 0.05) is 5.92 Å². The van der Waals surface area contributed by atoms with Gasteiger partial charge in [-0.05, 0) is 27.8 Å². The van der Waals surface area contributed by atoms with Crippen LogP contribution in [-0.2, 0) is 30.9 Å². The average molecular weight is 523 g/mol. The molecular formula is C26H26N4O6S. The number of nitrogens with zero attached hydrogens (tertiary/aromatic N) is 1. The molecular weight excluding hydrogens is 496 g/mol. The first-order chi connectivity index (χ1) is 17.7. The predicted octanol–water partition coefficient (Wildman–Crippen LogP) is 2.24. The van der Waals surface area contributed by atoms with Gasteiger partial charge in [0.05, 0.1) is 0 Å². The molecule has 0 unspecified atom stereocenters. The van der Waals surface area contributed by atoms with Gasteiger partial charge >= 0.3 is 12.1 Å². The first-order valence-corrected chi connectivity index (χ1v) is 13.0. The molecule has 4 rings (SSSR count). The second-order valence-electron chi connectivity index (χ2n) is 8.38. The SMILES string of the molecule is NC(N)=NS(=O)(=O)C[C@H](NC(=O)OCC1c2ccccc2-c2ccccc21)C(=O)OCc1ccccc1. The highest BCUT2D eigenvalue weighted by atomic mass is 32.2. The summed E-state index contributed by atoms with van der Waals surface area (Å²) in [7, 11) is -4.30. The van der Waals surface area contributed by atoms with Gasteiger partial charge in [-0.15, -0.1) is 4.40 Å². The maximum atomic E-state index is 12.7. The van der Waals surface area contributed by atoms with Crippen molar-refractivity contribution in [3.8, 4) is 11.1 Å². The number of carbonyl (C=O) groups excluding carboxylic acids is 2. The molecule has 3 aromatic carbocycles. The molecule has 1 aliphatic carbocycles. The molecule has 0 spiro atoms. The number of nitrogens with one attached hydrogen (secondary N) is 1. The molecule has 1 amide bonds. The van der Waals surface area contributed by atoms with Crippen molar-refractivity contribution in [3.63, 3.8) is 0 Å². The lowest BCUT2D eigenvalue weighted by Crippen LogP contribution is -2.46. The molecule has 192 valence electrons. The minimum Gasteiger partial charge on any atom is -0.459 e. The van der Waals surface area contributed by atoms with E-state index in [2.05, 4.69) is 9.71 Å². The zero-order valence-electron chi connectivity index (χ0n) is 19.7. The van der Waals surface area contributed by atoms with Gasteiger partial charge in [0.25, 0.3) is 10.0 Å². The number of hydrogen-bond acceptors (Lipinski definition) is 6. The van der Waals surface area contributed by atoms with Crippen molar-refractivity contribution in [1.29, 1.82) is 0 Å². The number of nitrogens with two attached hydrogens (primary N) is 2. The second-order valence-corrected chi connectivity index (χ2v) is 10.1. The number of amides is 1. The molecule has 0 saturated carbocycles. The third-order valence-corrected chi connectivity index (χ3v) is 7.01. The van der Waals surface area contributed by atoms with Gasteiger partial charge in [-0.1, -0.05) is 78.9 Å². The van der Waals surface area contributed by atoms with E-state index in [0.717, 1.165) is 22.3 Å². The minimum absolute atomic E-state index is 0.0215. The van der Waals surface area contributed by atoms with Crippen LogP contribution in [0.25, 0.3) is 11.1 Å². The zero-order chi connectivity index (χ0) is 26.4. The van der Waals surface area contributed by atoms with E-state index in [-0.39, 0.29) is 19.1 Å². The summed E-state index contributed by atoms with van der Waals surface area (Å²) in [6.07, 6.45) is -0.983. The van der Waals surface area contributed by atoms with E-state index < -0.39 is 39.8 Å². The van der Waals surface area contributed by atoms with Crippen molar-refractivity contribution in [3.05, 3.63) is 95.6 Å². The molecule has 1 atom stereocenters. The first-order valence-electron chi connectivity index (χ1n) is 11.4. The van der Waals surface area contributed by atoms with Gasteiger partial charge in [0.15, 0.2) is 0 Å². The molecule has 0 heterocycles. The van der Waals surface area contributed by atoms with Crippen molar-refractivity contribution in [2.24, 2.45) is 15.9 Å². The highest BCUT2D eigenvalue weighted by Gasteiger charge is 2.32. The molecule has 10 nitrogen and oxygen atoms in total. The lowest BCUT2D eigenvalue weighted by atomic mass is 9.98. The number of ether oxygens (including phenoxy) is 2. The number of fused-ring (bicyclic) bond motifs is 3. The molecule has 0 fully saturated rings. The summed E-state index contributed by atoms with van der Waals surface area (Å²) < 4.78 is 38.4. The van der Waals surface area contributed by atoms with Gasteiger partial charge < -0.3 is 26.3 Å². The summed E-state index contributed by atoms with van der Waals surface area (Å²) in [5, 5.41) is 2.29. The fourth-order valence-corrected chi connectivity index (χ4v) is 5.23. The molecule has 0 saturated heterocycles. The molecule has 37 heavy (non-hydrogen) atoms. The van der Waals surface area contributed by atoms with Gasteiger partial charge in [0.2, 0.25) is 5.96 Å². The topological polar surface area (TPSA) is 163 Å². The van der Waals surface area contributed by atoms with E-state index >= 15 is 0 Å². The Hall–Kier alpha value is -4.38.